The molecule has 1 aliphatic carbocycles. The van der Waals surface area contributed by atoms with Crippen LogP contribution in [-0.2, 0) is 23.2 Å². The molecule has 4 rings (SSSR count). The predicted molar refractivity (Wildman–Crippen MR) is 116 cm³/mol. The summed E-state index contributed by atoms with van der Waals surface area (Å²) in [5, 5.41) is 7.12. The van der Waals surface area contributed by atoms with Crippen molar-refractivity contribution >= 4 is 11.9 Å². The molecule has 7 nitrogen and oxygen atoms in total. The molecule has 1 amide bonds. The first-order chi connectivity index (χ1) is 15.6. The molecule has 1 spiro atoms. The number of aryl methyl sites for hydroxylation is 1. The van der Waals surface area contributed by atoms with E-state index in [4.69, 9.17) is 9.90 Å². The molecular formula is C23H35F3N4O3. The molecule has 10 heteroatoms. The number of hydrogen-bond acceptors (Lipinski definition) is 4. The van der Waals surface area contributed by atoms with Crippen molar-refractivity contribution in [2.45, 2.75) is 70.5 Å². The number of aromatic nitrogens is 2. The molecule has 3 fully saturated rings. The molecule has 2 saturated heterocycles. The number of amides is 1. The molecule has 2 aliphatic heterocycles. The zero-order valence-electron chi connectivity index (χ0n) is 19.3. The topological polar surface area (TPSA) is 78.7 Å². The van der Waals surface area contributed by atoms with E-state index in [1.165, 1.54) is 70.3 Å². The quantitative estimate of drug-likeness (QED) is 0.721. The minimum absolute atomic E-state index is 0.424. The van der Waals surface area contributed by atoms with E-state index < -0.39 is 12.1 Å². The molecule has 1 aromatic rings. The highest BCUT2D eigenvalue weighted by Gasteiger charge is 2.39. The van der Waals surface area contributed by atoms with Crippen LogP contribution in [0.15, 0.2) is 12.4 Å². The van der Waals surface area contributed by atoms with Crippen LogP contribution >= 0.6 is 0 Å². The van der Waals surface area contributed by atoms with Crippen molar-refractivity contribution in [2.75, 3.05) is 26.2 Å². The third-order valence-corrected chi connectivity index (χ3v) is 7.53. The van der Waals surface area contributed by atoms with Crippen LogP contribution in [0, 0.1) is 11.3 Å². The van der Waals surface area contributed by atoms with Crippen LogP contribution in [0.2, 0.25) is 0 Å². The number of imidazole rings is 1. The number of hydrogen-bond donors (Lipinski definition) is 1. The van der Waals surface area contributed by atoms with Gasteiger partial charge >= 0.3 is 12.1 Å². The summed E-state index contributed by atoms with van der Waals surface area (Å²) in [6, 6.07) is 0. The van der Waals surface area contributed by atoms with E-state index >= 15 is 0 Å². The molecule has 3 aliphatic rings. The van der Waals surface area contributed by atoms with Gasteiger partial charge in [0.15, 0.2) is 0 Å². The minimum Gasteiger partial charge on any atom is -0.475 e. The largest absolute Gasteiger partial charge is 0.490 e. The van der Waals surface area contributed by atoms with Crippen LogP contribution in [0.25, 0.3) is 0 Å². The molecule has 33 heavy (non-hydrogen) atoms. The lowest BCUT2D eigenvalue weighted by molar-refractivity contribution is -0.192. The van der Waals surface area contributed by atoms with Crippen molar-refractivity contribution in [1.82, 2.24) is 19.4 Å². The second-order valence-electron chi connectivity index (χ2n) is 9.77. The number of carboxylic acids is 1. The van der Waals surface area contributed by atoms with Crippen LogP contribution in [0.1, 0.15) is 63.6 Å². The number of halogens is 3. The van der Waals surface area contributed by atoms with Crippen molar-refractivity contribution in [3.8, 4) is 0 Å². The maximum atomic E-state index is 12.4. The van der Waals surface area contributed by atoms with Crippen LogP contribution in [0.4, 0.5) is 13.2 Å². The lowest BCUT2D eigenvalue weighted by atomic mass is 9.65. The first-order valence-electron chi connectivity index (χ1n) is 11.8. The predicted octanol–water partition coefficient (Wildman–Crippen LogP) is 3.84. The van der Waals surface area contributed by atoms with Gasteiger partial charge in [0.1, 0.15) is 5.82 Å². The maximum Gasteiger partial charge on any atom is 0.490 e. The van der Waals surface area contributed by atoms with E-state index in [0.717, 1.165) is 26.1 Å². The summed E-state index contributed by atoms with van der Waals surface area (Å²) >= 11 is 0. The number of likely N-dealkylation sites (tertiary alicyclic amines) is 2. The number of alkyl halides is 3. The van der Waals surface area contributed by atoms with E-state index in [1.54, 1.807) is 0 Å². The van der Waals surface area contributed by atoms with Crippen molar-refractivity contribution in [1.29, 1.82) is 0 Å². The van der Waals surface area contributed by atoms with E-state index in [0.29, 0.717) is 17.2 Å². The Hall–Kier alpha value is -2.10. The number of rotatable bonds is 4. The van der Waals surface area contributed by atoms with Crippen LogP contribution in [0.5, 0.6) is 0 Å². The van der Waals surface area contributed by atoms with E-state index in [-0.39, 0.29) is 0 Å². The second-order valence-corrected chi connectivity index (χ2v) is 9.77. The summed E-state index contributed by atoms with van der Waals surface area (Å²) in [4.78, 5) is 30.4. The molecule has 0 bridgehead atoms. The highest BCUT2D eigenvalue weighted by Crippen LogP contribution is 2.47. The Kier molecular flexibility index (Phi) is 8.42. The Morgan fingerprint density at radius 1 is 1.09 bits per heavy atom. The highest BCUT2D eigenvalue weighted by molar-refractivity contribution is 5.76. The molecule has 3 heterocycles. The van der Waals surface area contributed by atoms with Gasteiger partial charge in [0.25, 0.3) is 0 Å². The average molecular weight is 473 g/mol. The van der Waals surface area contributed by atoms with Gasteiger partial charge in [-0.1, -0.05) is 0 Å². The molecule has 0 aromatic carbocycles. The smallest absolute Gasteiger partial charge is 0.475 e. The van der Waals surface area contributed by atoms with Crippen LogP contribution in [-0.4, -0.2) is 68.7 Å². The van der Waals surface area contributed by atoms with Gasteiger partial charge in [-0.25, -0.2) is 9.78 Å². The Morgan fingerprint density at radius 3 is 2.15 bits per heavy atom. The summed E-state index contributed by atoms with van der Waals surface area (Å²) < 4.78 is 33.9. The van der Waals surface area contributed by atoms with Gasteiger partial charge in [-0.2, -0.15) is 13.2 Å². The van der Waals surface area contributed by atoms with Gasteiger partial charge in [0.2, 0.25) is 5.91 Å². The van der Waals surface area contributed by atoms with Gasteiger partial charge < -0.3 is 14.6 Å². The molecule has 0 radical (unpaired) electrons. The van der Waals surface area contributed by atoms with Crippen LogP contribution in [0.3, 0.4) is 0 Å². The fraction of sp³-hybridized carbons (Fsp3) is 0.783. The average Bonchev–Trinajstić information content (AvgIpc) is 3.44. The number of carboxylic acid groups (broad SMARTS) is 1. The van der Waals surface area contributed by atoms with Crippen molar-refractivity contribution < 1.29 is 27.9 Å². The van der Waals surface area contributed by atoms with Crippen molar-refractivity contribution in [3.05, 3.63) is 18.2 Å². The molecular weight excluding hydrogens is 437 g/mol. The van der Waals surface area contributed by atoms with Crippen molar-refractivity contribution in [3.63, 3.8) is 0 Å². The molecule has 1 saturated carbocycles. The van der Waals surface area contributed by atoms with Gasteiger partial charge in [-0.05, 0) is 75.8 Å². The SMILES string of the molecule is Cn1ccnc1CN1CCC2(CCC(CC(=O)N3CCCC3)CC2)CC1.O=C(O)C(F)(F)F. The highest BCUT2D eigenvalue weighted by atomic mass is 19.4. The van der Waals surface area contributed by atoms with Crippen LogP contribution < -0.4 is 0 Å². The fourth-order valence-corrected chi connectivity index (χ4v) is 5.27. The molecule has 1 aromatic heterocycles. The fourth-order valence-electron chi connectivity index (χ4n) is 5.27. The zero-order valence-corrected chi connectivity index (χ0v) is 19.3. The minimum atomic E-state index is -5.08. The van der Waals surface area contributed by atoms with Gasteiger partial charge in [0, 0.05) is 39.0 Å². The first-order valence-corrected chi connectivity index (χ1v) is 11.8. The number of aliphatic carboxylic acids is 1. The normalized spacial score (nSPS) is 21.6. The summed E-state index contributed by atoms with van der Waals surface area (Å²) in [5.74, 6) is -0.523. The summed E-state index contributed by atoms with van der Waals surface area (Å²) in [6.45, 7) is 5.38. The summed E-state index contributed by atoms with van der Waals surface area (Å²) in [7, 11) is 2.08. The number of nitrogens with zero attached hydrogens (tertiary/aromatic N) is 4. The third kappa shape index (κ3) is 7.19. The second kappa shape index (κ2) is 10.9. The lowest BCUT2D eigenvalue weighted by Crippen LogP contribution is -2.42. The standard InChI is InChI=1S/C21H34N4O.C2HF3O2/c1-23-15-10-22-19(23)17-24-13-8-21(9-14-24)6-4-18(5-7-21)16-20(26)25-11-2-3-12-25;3-2(4,5)1(6)7/h10,15,18H,2-9,11-14,16-17H2,1H3;(H,6,7). The Balaban J connectivity index is 0.000000383. The first kappa shape index (κ1) is 25.5. The Labute approximate surface area is 192 Å². The number of piperidine rings is 1. The Bertz CT molecular complexity index is 787. The van der Waals surface area contributed by atoms with Gasteiger partial charge in [-0.3, -0.25) is 9.69 Å². The number of carbonyl (C=O) groups excluding carboxylic acids is 1. The molecule has 186 valence electrons. The van der Waals surface area contributed by atoms with E-state index in [2.05, 4.69) is 26.4 Å². The third-order valence-electron chi connectivity index (χ3n) is 7.53. The lowest BCUT2D eigenvalue weighted by Gasteiger charge is -2.46. The monoisotopic (exact) mass is 472 g/mol. The van der Waals surface area contributed by atoms with Gasteiger partial charge in [0.05, 0.1) is 6.54 Å². The number of carbonyl (C=O) groups is 2. The van der Waals surface area contributed by atoms with Gasteiger partial charge in [-0.15, -0.1) is 0 Å². The summed E-state index contributed by atoms with van der Waals surface area (Å²) in [6.07, 6.45) is 9.90. The zero-order chi connectivity index (χ0) is 24.1. The van der Waals surface area contributed by atoms with Crippen molar-refractivity contribution in [2.24, 2.45) is 18.4 Å². The molecule has 0 atom stereocenters. The molecule has 0 unspecified atom stereocenters. The van der Waals surface area contributed by atoms with E-state index in [9.17, 15) is 18.0 Å². The molecule has 1 N–H and O–H groups in total. The van der Waals surface area contributed by atoms with E-state index in [1.807, 2.05) is 12.4 Å². The maximum absolute atomic E-state index is 12.4. The Morgan fingerprint density at radius 2 is 1.67 bits per heavy atom. The summed E-state index contributed by atoms with van der Waals surface area (Å²) in [5.41, 5.74) is 0.561.